The third-order valence-electron chi connectivity index (χ3n) is 3.97. The molecular weight excluding hydrogens is 322 g/mol. The Balaban J connectivity index is 1.73. The molecule has 0 amide bonds. The summed E-state index contributed by atoms with van der Waals surface area (Å²) >= 11 is 3.45. The maximum Gasteiger partial charge on any atom is 0.206 e. The second-order valence-electron chi connectivity index (χ2n) is 5.76. The lowest BCUT2D eigenvalue weighted by molar-refractivity contribution is 0.718. The first-order chi connectivity index (χ1) is 11.2. The number of benzene rings is 1. The molecule has 116 valence electrons. The summed E-state index contributed by atoms with van der Waals surface area (Å²) < 4.78 is 0. The van der Waals surface area contributed by atoms with E-state index in [1.54, 1.807) is 22.7 Å². The molecule has 23 heavy (non-hydrogen) atoms. The van der Waals surface area contributed by atoms with Crippen molar-refractivity contribution >= 4 is 33.5 Å². The molecule has 0 bridgehead atoms. The number of rotatable bonds is 3. The molecule has 0 fully saturated rings. The maximum absolute atomic E-state index is 4.91. The summed E-state index contributed by atoms with van der Waals surface area (Å²) in [5.74, 6) is 0. The standard InChI is InChI=1S/C18H17N3S2/c1-12-5-7-14(8-6-12)15-10-16(17-4-3-9-22-17)21(20-15)18-19-13(2)11-23-18/h3-9,11,16H,10H2,1-2H3/t16-/m0/s1. The third kappa shape index (κ3) is 2.82. The number of thiazole rings is 1. The van der Waals surface area contributed by atoms with Crippen LogP contribution in [0.25, 0.3) is 0 Å². The van der Waals surface area contributed by atoms with Gasteiger partial charge in [0.25, 0.3) is 0 Å². The van der Waals surface area contributed by atoms with Gasteiger partial charge in [0, 0.05) is 16.7 Å². The monoisotopic (exact) mass is 339 g/mol. The van der Waals surface area contributed by atoms with E-state index in [4.69, 9.17) is 5.10 Å². The molecule has 0 unspecified atom stereocenters. The molecule has 1 aliphatic heterocycles. The lowest BCUT2D eigenvalue weighted by atomic mass is 10.0. The molecule has 1 atom stereocenters. The van der Waals surface area contributed by atoms with Gasteiger partial charge < -0.3 is 0 Å². The van der Waals surface area contributed by atoms with Crippen molar-refractivity contribution in [1.29, 1.82) is 0 Å². The van der Waals surface area contributed by atoms with Crippen LogP contribution in [0.1, 0.15) is 34.2 Å². The van der Waals surface area contributed by atoms with Crippen LogP contribution < -0.4 is 5.01 Å². The number of hydrogen-bond acceptors (Lipinski definition) is 5. The lowest BCUT2D eigenvalue weighted by Crippen LogP contribution is -2.17. The minimum absolute atomic E-state index is 0.247. The first-order valence-corrected chi connectivity index (χ1v) is 9.36. The van der Waals surface area contributed by atoms with E-state index in [2.05, 4.69) is 64.1 Å². The van der Waals surface area contributed by atoms with E-state index < -0.39 is 0 Å². The van der Waals surface area contributed by atoms with Crippen molar-refractivity contribution in [3.63, 3.8) is 0 Å². The van der Waals surface area contributed by atoms with E-state index in [9.17, 15) is 0 Å². The predicted octanol–water partition coefficient (Wildman–Crippen LogP) is 5.18. The predicted molar refractivity (Wildman–Crippen MR) is 98.7 cm³/mol. The Kier molecular flexibility index (Phi) is 3.75. The molecule has 0 aliphatic carbocycles. The molecule has 3 aromatic rings. The molecule has 1 aliphatic rings. The van der Waals surface area contributed by atoms with E-state index in [0.717, 1.165) is 23.0 Å². The fourth-order valence-electron chi connectivity index (χ4n) is 2.76. The van der Waals surface area contributed by atoms with Gasteiger partial charge in [-0.05, 0) is 30.9 Å². The molecule has 0 N–H and O–H groups in total. The molecular formula is C18H17N3S2. The minimum atomic E-state index is 0.247. The number of aryl methyl sites for hydroxylation is 2. The summed E-state index contributed by atoms with van der Waals surface area (Å²) in [6, 6.07) is 13.2. The highest BCUT2D eigenvalue weighted by Gasteiger charge is 2.32. The van der Waals surface area contributed by atoms with Crippen LogP contribution >= 0.6 is 22.7 Å². The van der Waals surface area contributed by atoms with Crippen LogP contribution in [0.2, 0.25) is 0 Å². The van der Waals surface area contributed by atoms with Crippen LogP contribution in [-0.4, -0.2) is 10.7 Å². The van der Waals surface area contributed by atoms with E-state index in [1.165, 1.54) is 16.0 Å². The van der Waals surface area contributed by atoms with Crippen LogP contribution in [0.4, 0.5) is 5.13 Å². The van der Waals surface area contributed by atoms with Crippen molar-refractivity contribution < 1.29 is 0 Å². The largest absolute Gasteiger partial charge is 0.230 e. The topological polar surface area (TPSA) is 28.5 Å². The zero-order valence-corrected chi connectivity index (χ0v) is 14.7. The van der Waals surface area contributed by atoms with Gasteiger partial charge in [-0.25, -0.2) is 9.99 Å². The Morgan fingerprint density at radius 2 is 1.91 bits per heavy atom. The van der Waals surface area contributed by atoms with Crippen LogP contribution in [0.3, 0.4) is 0 Å². The first-order valence-electron chi connectivity index (χ1n) is 7.60. The van der Waals surface area contributed by atoms with Crippen molar-refractivity contribution in [2.75, 3.05) is 5.01 Å². The zero-order valence-electron chi connectivity index (χ0n) is 13.1. The number of thiophene rings is 1. The summed E-state index contributed by atoms with van der Waals surface area (Å²) in [6.07, 6.45) is 0.919. The Morgan fingerprint density at radius 1 is 1.09 bits per heavy atom. The van der Waals surface area contributed by atoms with E-state index in [1.807, 2.05) is 6.92 Å². The van der Waals surface area contributed by atoms with E-state index in [-0.39, 0.29) is 6.04 Å². The molecule has 4 rings (SSSR count). The number of aromatic nitrogens is 1. The Bertz CT molecular complexity index is 832. The van der Waals surface area contributed by atoms with E-state index in [0.29, 0.717) is 0 Å². The van der Waals surface area contributed by atoms with Gasteiger partial charge in [0.2, 0.25) is 5.13 Å². The average molecular weight is 339 g/mol. The van der Waals surface area contributed by atoms with Crippen molar-refractivity contribution in [2.24, 2.45) is 5.10 Å². The Hall–Kier alpha value is -1.98. The second kappa shape index (κ2) is 5.91. The fourth-order valence-corrected chi connectivity index (χ4v) is 4.37. The number of anilines is 1. The zero-order chi connectivity index (χ0) is 15.8. The highest BCUT2D eigenvalue weighted by molar-refractivity contribution is 7.13. The molecule has 0 saturated heterocycles. The highest BCUT2D eigenvalue weighted by atomic mass is 32.1. The van der Waals surface area contributed by atoms with Crippen LogP contribution in [0.5, 0.6) is 0 Å². The molecule has 2 aromatic heterocycles. The van der Waals surface area contributed by atoms with Gasteiger partial charge in [-0.1, -0.05) is 35.9 Å². The van der Waals surface area contributed by atoms with Gasteiger partial charge in [-0.3, -0.25) is 0 Å². The van der Waals surface area contributed by atoms with Gasteiger partial charge >= 0.3 is 0 Å². The SMILES string of the molecule is Cc1ccc(C2=NN(c3nc(C)cs3)[C@H](c3cccs3)C2)cc1. The van der Waals surface area contributed by atoms with Crippen molar-refractivity contribution in [3.05, 3.63) is 68.9 Å². The molecule has 1 aromatic carbocycles. The lowest BCUT2D eigenvalue weighted by Gasteiger charge is -2.19. The van der Waals surface area contributed by atoms with Crippen molar-refractivity contribution in [1.82, 2.24) is 4.98 Å². The molecule has 3 nitrogen and oxygen atoms in total. The summed E-state index contributed by atoms with van der Waals surface area (Å²) in [4.78, 5) is 5.97. The Labute approximate surface area is 143 Å². The van der Waals surface area contributed by atoms with Crippen molar-refractivity contribution in [2.45, 2.75) is 26.3 Å². The number of hydrogen-bond donors (Lipinski definition) is 0. The second-order valence-corrected chi connectivity index (χ2v) is 7.58. The van der Waals surface area contributed by atoms with E-state index >= 15 is 0 Å². The summed E-state index contributed by atoms with van der Waals surface area (Å²) in [5, 5.41) is 12.2. The first kappa shape index (κ1) is 14.6. The van der Waals surface area contributed by atoms with Crippen LogP contribution in [0, 0.1) is 13.8 Å². The van der Waals surface area contributed by atoms with Gasteiger partial charge in [0.15, 0.2) is 0 Å². The molecule has 5 heteroatoms. The normalized spacial score (nSPS) is 17.6. The van der Waals surface area contributed by atoms with Gasteiger partial charge in [-0.2, -0.15) is 5.10 Å². The van der Waals surface area contributed by atoms with Crippen molar-refractivity contribution in [3.8, 4) is 0 Å². The van der Waals surface area contributed by atoms with Crippen LogP contribution in [0.15, 0.2) is 52.3 Å². The number of nitrogens with zero attached hydrogens (tertiary/aromatic N) is 3. The van der Waals surface area contributed by atoms with Gasteiger partial charge in [-0.15, -0.1) is 22.7 Å². The highest BCUT2D eigenvalue weighted by Crippen LogP contribution is 2.39. The Morgan fingerprint density at radius 3 is 2.57 bits per heavy atom. The smallest absolute Gasteiger partial charge is 0.206 e. The third-order valence-corrected chi connectivity index (χ3v) is 5.89. The molecule has 3 heterocycles. The van der Waals surface area contributed by atoms with Gasteiger partial charge in [0.1, 0.15) is 0 Å². The van der Waals surface area contributed by atoms with Crippen LogP contribution in [-0.2, 0) is 0 Å². The summed E-state index contributed by atoms with van der Waals surface area (Å²) in [5.41, 5.74) is 4.66. The minimum Gasteiger partial charge on any atom is -0.230 e. The molecule has 0 saturated carbocycles. The quantitative estimate of drug-likeness (QED) is 0.658. The average Bonchev–Trinajstić information content (AvgIpc) is 3.27. The fraction of sp³-hybridized carbons (Fsp3) is 0.222. The molecule has 0 radical (unpaired) electrons. The summed E-state index contributed by atoms with van der Waals surface area (Å²) in [6.45, 7) is 4.14. The number of hydrazone groups is 1. The van der Waals surface area contributed by atoms with Gasteiger partial charge in [0.05, 0.1) is 17.4 Å². The maximum atomic E-state index is 4.91. The summed E-state index contributed by atoms with van der Waals surface area (Å²) in [7, 11) is 0. The molecule has 0 spiro atoms.